The predicted molar refractivity (Wildman–Crippen MR) is 99.7 cm³/mol. The lowest BCUT2D eigenvalue weighted by Crippen LogP contribution is -2.54. The van der Waals surface area contributed by atoms with Gasteiger partial charge in [-0.05, 0) is 45.9 Å². The number of fused-ring (bicyclic) bond motifs is 1. The molecular weight excluding hydrogens is 316 g/mol. The molecule has 7 rings (SSSR count). The summed E-state index contributed by atoms with van der Waals surface area (Å²) in [5, 5.41) is 23.3. The van der Waals surface area contributed by atoms with Gasteiger partial charge in [-0.2, -0.15) is 10.5 Å². The van der Waals surface area contributed by atoms with Gasteiger partial charge < -0.3 is 0 Å². The number of hydrogen-bond donors (Lipinski definition) is 0. The molecule has 2 unspecified atom stereocenters. The summed E-state index contributed by atoms with van der Waals surface area (Å²) in [6.45, 7) is 0. The Morgan fingerprint density at radius 3 is 1.65 bits per heavy atom. The van der Waals surface area contributed by atoms with Crippen molar-refractivity contribution < 1.29 is 0 Å². The van der Waals surface area contributed by atoms with Crippen LogP contribution in [0.3, 0.4) is 0 Å². The van der Waals surface area contributed by atoms with Gasteiger partial charge in [0, 0.05) is 11.8 Å². The molecule has 1 saturated carbocycles. The van der Waals surface area contributed by atoms with E-state index in [0.717, 1.165) is 24.0 Å². The lowest BCUT2D eigenvalue weighted by atomic mass is 9.43. The van der Waals surface area contributed by atoms with E-state index < -0.39 is 10.8 Å². The SMILES string of the molecule is N#C[C@]12CC[C@](C#N)(c3ccccc31)C1c3cccc4cccc(c34)C12. The molecule has 3 aromatic rings. The van der Waals surface area contributed by atoms with Crippen molar-refractivity contribution in [3.63, 3.8) is 0 Å². The van der Waals surface area contributed by atoms with E-state index in [1.165, 1.54) is 21.9 Å². The minimum atomic E-state index is -0.535. The summed E-state index contributed by atoms with van der Waals surface area (Å²) in [4.78, 5) is 0. The molecule has 0 heterocycles. The van der Waals surface area contributed by atoms with Crippen molar-refractivity contribution in [1.29, 1.82) is 10.5 Å². The van der Waals surface area contributed by atoms with Gasteiger partial charge in [0.15, 0.2) is 0 Å². The highest BCUT2D eigenvalue weighted by atomic mass is 14.7. The second kappa shape index (κ2) is 4.35. The third kappa shape index (κ3) is 1.26. The van der Waals surface area contributed by atoms with Crippen molar-refractivity contribution >= 4 is 10.8 Å². The van der Waals surface area contributed by atoms with Crippen molar-refractivity contribution in [2.24, 2.45) is 0 Å². The lowest BCUT2D eigenvalue weighted by Gasteiger charge is -2.56. The third-order valence-corrected chi connectivity index (χ3v) is 7.24. The fraction of sp³-hybridized carbons (Fsp3) is 0.250. The number of nitriles is 2. The zero-order chi connectivity index (χ0) is 17.5. The molecule has 0 saturated heterocycles. The zero-order valence-corrected chi connectivity index (χ0v) is 14.2. The molecule has 0 aliphatic heterocycles. The van der Waals surface area contributed by atoms with Crippen LogP contribution in [0.1, 0.15) is 46.9 Å². The summed E-state index contributed by atoms with van der Waals surface area (Å²) >= 11 is 0. The molecule has 4 aliphatic rings. The Kier molecular flexibility index (Phi) is 2.36. The van der Waals surface area contributed by atoms with E-state index in [-0.39, 0.29) is 11.8 Å². The van der Waals surface area contributed by atoms with Gasteiger partial charge in [-0.3, -0.25) is 0 Å². The minimum absolute atomic E-state index is 0.0666. The topological polar surface area (TPSA) is 47.6 Å². The summed E-state index contributed by atoms with van der Waals surface area (Å²) in [5.41, 5.74) is 3.63. The summed E-state index contributed by atoms with van der Waals surface area (Å²) in [6, 6.07) is 26.5. The van der Waals surface area contributed by atoms with Gasteiger partial charge in [-0.15, -0.1) is 0 Å². The van der Waals surface area contributed by atoms with E-state index in [2.05, 4.69) is 60.7 Å². The van der Waals surface area contributed by atoms with Crippen molar-refractivity contribution in [3.05, 3.63) is 82.9 Å². The molecule has 0 aromatic heterocycles. The molecule has 3 aromatic carbocycles. The van der Waals surface area contributed by atoms with Gasteiger partial charge >= 0.3 is 0 Å². The van der Waals surface area contributed by atoms with Crippen molar-refractivity contribution in [3.8, 4) is 12.1 Å². The predicted octanol–water partition coefficient (Wildman–Crippen LogP) is 5.05. The third-order valence-electron chi connectivity index (χ3n) is 7.24. The maximum atomic E-state index is 10.4. The second-order valence-corrected chi connectivity index (χ2v) is 7.96. The molecule has 2 bridgehead atoms. The van der Waals surface area contributed by atoms with Crippen LogP contribution in [-0.2, 0) is 10.8 Å². The first-order valence-electron chi connectivity index (χ1n) is 9.21. The Bertz CT molecular complexity index is 1110. The molecule has 4 aliphatic carbocycles. The standard InChI is InChI=1S/C24H16N2/c25-13-23-11-12-24(14-26,19-10-2-1-9-18(19)23)22-17-8-4-6-15-5-3-7-16(20(15)17)21(22)23/h1-10,21-22H,11-12H2/t21?,22?,23-,24+. The number of nitrogens with zero attached hydrogens (tertiary/aromatic N) is 2. The van der Waals surface area contributed by atoms with Gasteiger partial charge in [-0.25, -0.2) is 0 Å². The molecule has 0 N–H and O–H groups in total. The van der Waals surface area contributed by atoms with Crippen LogP contribution in [0.5, 0.6) is 0 Å². The number of hydrogen-bond acceptors (Lipinski definition) is 2. The summed E-state index contributed by atoms with van der Waals surface area (Å²) in [5.74, 6) is 0.133. The maximum Gasteiger partial charge on any atom is 0.0901 e. The Morgan fingerprint density at radius 2 is 1.19 bits per heavy atom. The zero-order valence-electron chi connectivity index (χ0n) is 14.2. The van der Waals surface area contributed by atoms with Crippen LogP contribution in [-0.4, -0.2) is 0 Å². The van der Waals surface area contributed by atoms with E-state index in [4.69, 9.17) is 0 Å². The molecule has 2 heteroatoms. The van der Waals surface area contributed by atoms with Crippen molar-refractivity contribution in [2.75, 3.05) is 0 Å². The van der Waals surface area contributed by atoms with Gasteiger partial charge in [0.1, 0.15) is 0 Å². The first-order valence-corrected chi connectivity index (χ1v) is 9.21. The average molecular weight is 332 g/mol. The highest BCUT2D eigenvalue weighted by Crippen LogP contribution is 2.71. The Morgan fingerprint density at radius 1 is 0.692 bits per heavy atom. The van der Waals surface area contributed by atoms with Crippen LogP contribution in [0.4, 0.5) is 0 Å². The molecule has 26 heavy (non-hydrogen) atoms. The Labute approximate surface area is 152 Å². The van der Waals surface area contributed by atoms with Crippen molar-refractivity contribution in [2.45, 2.75) is 35.5 Å². The van der Waals surface area contributed by atoms with Gasteiger partial charge in [-0.1, -0.05) is 60.7 Å². The molecule has 0 radical (unpaired) electrons. The Balaban J connectivity index is 1.82. The number of rotatable bonds is 0. The van der Waals surface area contributed by atoms with Crippen LogP contribution >= 0.6 is 0 Å². The van der Waals surface area contributed by atoms with Crippen LogP contribution in [0, 0.1) is 22.7 Å². The summed E-state index contributed by atoms with van der Waals surface area (Å²) < 4.78 is 0. The minimum Gasteiger partial charge on any atom is -0.197 e. The van der Waals surface area contributed by atoms with E-state index in [1.54, 1.807) is 0 Å². The largest absolute Gasteiger partial charge is 0.197 e. The van der Waals surface area contributed by atoms with Crippen LogP contribution < -0.4 is 0 Å². The molecule has 4 atom stereocenters. The van der Waals surface area contributed by atoms with Gasteiger partial charge in [0.2, 0.25) is 0 Å². The highest BCUT2D eigenvalue weighted by Gasteiger charge is 2.66. The fourth-order valence-electron chi connectivity index (χ4n) is 6.32. The summed E-state index contributed by atoms with van der Waals surface area (Å²) in [6.07, 6.45) is 1.53. The number of benzene rings is 3. The first-order chi connectivity index (χ1) is 12.8. The molecule has 2 nitrogen and oxygen atoms in total. The van der Waals surface area contributed by atoms with Crippen LogP contribution in [0.2, 0.25) is 0 Å². The normalized spacial score (nSPS) is 32.5. The highest BCUT2D eigenvalue weighted by molar-refractivity contribution is 5.94. The molecular formula is C24H16N2. The van der Waals surface area contributed by atoms with E-state index in [1.807, 2.05) is 12.1 Å². The first kappa shape index (κ1) is 14.1. The van der Waals surface area contributed by atoms with E-state index >= 15 is 0 Å². The molecule has 0 spiro atoms. The van der Waals surface area contributed by atoms with Gasteiger partial charge in [0.05, 0.1) is 23.0 Å². The van der Waals surface area contributed by atoms with E-state index in [0.29, 0.717) is 0 Å². The molecule has 122 valence electrons. The van der Waals surface area contributed by atoms with Gasteiger partial charge in [0.25, 0.3) is 0 Å². The van der Waals surface area contributed by atoms with Crippen molar-refractivity contribution in [1.82, 2.24) is 0 Å². The Hall–Kier alpha value is -3.10. The smallest absolute Gasteiger partial charge is 0.0901 e. The molecule has 1 fully saturated rings. The lowest BCUT2D eigenvalue weighted by molar-refractivity contribution is 0.178. The monoisotopic (exact) mass is 332 g/mol. The quantitative estimate of drug-likeness (QED) is 0.578. The van der Waals surface area contributed by atoms with Crippen LogP contribution in [0.25, 0.3) is 10.8 Å². The van der Waals surface area contributed by atoms with Crippen LogP contribution in [0.15, 0.2) is 60.7 Å². The van der Waals surface area contributed by atoms with E-state index in [9.17, 15) is 10.5 Å². The maximum absolute atomic E-state index is 10.4. The average Bonchev–Trinajstić information content (AvgIpc) is 3.07. The summed E-state index contributed by atoms with van der Waals surface area (Å²) in [7, 11) is 0. The molecule has 0 amide bonds. The second-order valence-electron chi connectivity index (χ2n) is 7.96. The fourth-order valence-corrected chi connectivity index (χ4v) is 6.32.